The average Bonchev–Trinajstić information content (AvgIpc) is 2.36. The summed E-state index contributed by atoms with van der Waals surface area (Å²) in [6, 6.07) is 0. The highest BCUT2D eigenvalue weighted by Crippen LogP contribution is 2.35. The van der Waals surface area contributed by atoms with Crippen LogP contribution in [0, 0.1) is 0 Å². The first kappa shape index (κ1) is 12.4. The Kier molecular flexibility index (Phi) is 3.66. The Morgan fingerprint density at radius 3 is 2.65 bits per heavy atom. The van der Waals surface area contributed by atoms with E-state index >= 15 is 0 Å². The molecule has 0 atom stereocenters. The van der Waals surface area contributed by atoms with E-state index in [4.69, 9.17) is 4.74 Å². The normalized spacial score (nSPS) is 23.9. The maximum Gasteiger partial charge on any atom is 0.246 e. The van der Waals surface area contributed by atoms with Crippen LogP contribution < -0.4 is 5.32 Å². The highest BCUT2D eigenvalue weighted by molar-refractivity contribution is 5.98. The van der Waals surface area contributed by atoms with Crippen LogP contribution in [-0.2, 0) is 14.3 Å². The van der Waals surface area contributed by atoms with E-state index in [0.29, 0.717) is 13.2 Å². The van der Waals surface area contributed by atoms with Crippen LogP contribution in [0.2, 0.25) is 0 Å². The second-order valence-electron chi connectivity index (χ2n) is 4.81. The minimum atomic E-state index is -0.591. The smallest absolute Gasteiger partial charge is 0.246 e. The summed E-state index contributed by atoms with van der Waals surface area (Å²) in [6.45, 7) is 1.13. The summed E-state index contributed by atoms with van der Waals surface area (Å²) in [6.07, 6.45) is 4.76. The van der Waals surface area contributed by atoms with Gasteiger partial charge in [-0.3, -0.25) is 9.59 Å². The standard InChI is InChI=1S/C12H20N2O3/c1-17-8-7-14-10(15)9-13-11(16)12(14)5-3-2-4-6-12/h2-9H2,1H3,(H,13,16). The van der Waals surface area contributed by atoms with E-state index in [1.54, 1.807) is 12.0 Å². The molecule has 1 N–H and O–H groups in total. The first-order valence-corrected chi connectivity index (χ1v) is 6.28. The molecule has 0 aromatic heterocycles. The zero-order valence-corrected chi connectivity index (χ0v) is 10.3. The molecule has 1 aliphatic carbocycles. The molecule has 0 unspecified atom stereocenters. The van der Waals surface area contributed by atoms with E-state index in [9.17, 15) is 9.59 Å². The molecule has 1 aliphatic heterocycles. The summed E-state index contributed by atoms with van der Waals surface area (Å²) in [5.41, 5.74) is -0.591. The van der Waals surface area contributed by atoms with Gasteiger partial charge in [0.1, 0.15) is 5.54 Å². The average molecular weight is 240 g/mol. The number of nitrogens with zero attached hydrogens (tertiary/aromatic N) is 1. The number of methoxy groups -OCH3 is 1. The molecule has 1 saturated heterocycles. The Morgan fingerprint density at radius 1 is 1.29 bits per heavy atom. The number of carbonyl (C=O) groups excluding carboxylic acids is 2. The lowest BCUT2D eigenvalue weighted by Crippen LogP contribution is -2.68. The lowest BCUT2D eigenvalue weighted by atomic mass is 9.78. The first-order chi connectivity index (χ1) is 8.20. The van der Waals surface area contributed by atoms with Gasteiger partial charge in [0.2, 0.25) is 11.8 Å². The molecule has 1 heterocycles. The molecule has 1 spiro atoms. The number of carbonyl (C=O) groups is 2. The van der Waals surface area contributed by atoms with Crippen molar-refractivity contribution in [2.45, 2.75) is 37.6 Å². The molecule has 0 radical (unpaired) electrons. The van der Waals surface area contributed by atoms with Gasteiger partial charge in [0.15, 0.2) is 0 Å². The fraction of sp³-hybridized carbons (Fsp3) is 0.833. The van der Waals surface area contributed by atoms with E-state index in [2.05, 4.69) is 5.32 Å². The summed E-state index contributed by atoms with van der Waals surface area (Å²) in [4.78, 5) is 25.9. The van der Waals surface area contributed by atoms with Crippen LogP contribution in [0.15, 0.2) is 0 Å². The van der Waals surface area contributed by atoms with Crippen LogP contribution in [0.3, 0.4) is 0 Å². The van der Waals surface area contributed by atoms with Crippen molar-refractivity contribution in [3.05, 3.63) is 0 Å². The van der Waals surface area contributed by atoms with Gasteiger partial charge in [-0.1, -0.05) is 19.3 Å². The zero-order valence-electron chi connectivity index (χ0n) is 10.3. The summed E-state index contributed by atoms with van der Waals surface area (Å²) >= 11 is 0. The molecule has 2 fully saturated rings. The fourth-order valence-electron chi connectivity index (χ4n) is 2.93. The van der Waals surface area contributed by atoms with Gasteiger partial charge in [-0.05, 0) is 12.8 Å². The highest BCUT2D eigenvalue weighted by atomic mass is 16.5. The number of amides is 2. The lowest BCUT2D eigenvalue weighted by Gasteiger charge is -2.47. The number of rotatable bonds is 3. The molecule has 1 saturated carbocycles. The predicted octanol–water partition coefficient (Wildman–Crippen LogP) is 0.294. The second kappa shape index (κ2) is 5.04. The summed E-state index contributed by atoms with van der Waals surface area (Å²) in [7, 11) is 1.61. The van der Waals surface area contributed by atoms with Crippen molar-refractivity contribution < 1.29 is 14.3 Å². The first-order valence-electron chi connectivity index (χ1n) is 6.28. The van der Waals surface area contributed by atoms with Gasteiger partial charge >= 0.3 is 0 Å². The maximum atomic E-state index is 12.1. The van der Waals surface area contributed by atoms with Crippen molar-refractivity contribution in [1.29, 1.82) is 0 Å². The second-order valence-corrected chi connectivity index (χ2v) is 4.81. The van der Waals surface area contributed by atoms with Crippen molar-refractivity contribution >= 4 is 11.8 Å². The maximum absolute atomic E-state index is 12.1. The largest absolute Gasteiger partial charge is 0.383 e. The highest BCUT2D eigenvalue weighted by Gasteiger charge is 2.49. The molecule has 2 aliphatic rings. The van der Waals surface area contributed by atoms with Crippen LogP contribution >= 0.6 is 0 Å². The van der Waals surface area contributed by atoms with Crippen molar-refractivity contribution in [1.82, 2.24) is 10.2 Å². The number of piperazine rings is 1. The van der Waals surface area contributed by atoms with Crippen molar-refractivity contribution in [3.63, 3.8) is 0 Å². The number of hydrogen-bond donors (Lipinski definition) is 1. The third-order valence-electron chi connectivity index (χ3n) is 3.84. The van der Waals surface area contributed by atoms with E-state index < -0.39 is 5.54 Å². The monoisotopic (exact) mass is 240 g/mol. The van der Waals surface area contributed by atoms with Crippen molar-refractivity contribution in [2.24, 2.45) is 0 Å². The molecule has 2 amide bonds. The Bertz CT molecular complexity index is 311. The summed E-state index contributed by atoms with van der Waals surface area (Å²) in [5, 5.41) is 2.73. The van der Waals surface area contributed by atoms with Crippen molar-refractivity contribution in [2.75, 3.05) is 26.8 Å². The number of ether oxygens (including phenoxy) is 1. The van der Waals surface area contributed by atoms with Gasteiger partial charge in [-0.2, -0.15) is 0 Å². The van der Waals surface area contributed by atoms with Gasteiger partial charge in [0.05, 0.1) is 13.2 Å². The Labute approximate surface area is 101 Å². The van der Waals surface area contributed by atoms with Crippen LogP contribution in [0.5, 0.6) is 0 Å². The fourth-order valence-corrected chi connectivity index (χ4v) is 2.93. The van der Waals surface area contributed by atoms with Gasteiger partial charge in [-0.15, -0.1) is 0 Å². The molecule has 0 bridgehead atoms. The lowest BCUT2D eigenvalue weighted by molar-refractivity contribution is -0.157. The molecule has 0 aromatic rings. The Morgan fingerprint density at radius 2 is 2.00 bits per heavy atom. The Hall–Kier alpha value is -1.10. The summed E-state index contributed by atoms with van der Waals surface area (Å²) < 4.78 is 5.04. The van der Waals surface area contributed by atoms with Crippen molar-refractivity contribution in [3.8, 4) is 0 Å². The van der Waals surface area contributed by atoms with Crippen LogP contribution in [0.25, 0.3) is 0 Å². The summed E-state index contributed by atoms with van der Waals surface area (Å²) in [5.74, 6) is 0.0384. The van der Waals surface area contributed by atoms with Gasteiger partial charge in [0.25, 0.3) is 0 Å². The predicted molar refractivity (Wildman–Crippen MR) is 62.4 cm³/mol. The molecule has 96 valence electrons. The number of nitrogens with one attached hydrogen (secondary N) is 1. The van der Waals surface area contributed by atoms with Crippen LogP contribution in [0.1, 0.15) is 32.1 Å². The van der Waals surface area contributed by atoms with E-state index in [1.165, 1.54) is 0 Å². The quantitative estimate of drug-likeness (QED) is 0.771. The van der Waals surface area contributed by atoms with Gasteiger partial charge in [0, 0.05) is 13.7 Å². The molecule has 17 heavy (non-hydrogen) atoms. The molecule has 5 nitrogen and oxygen atoms in total. The van der Waals surface area contributed by atoms with E-state index in [1.807, 2.05) is 0 Å². The minimum Gasteiger partial charge on any atom is -0.383 e. The third kappa shape index (κ3) is 2.16. The molecule has 5 heteroatoms. The molecular formula is C12H20N2O3. The molecule has 2 rings (SSSR count). The third-order valence-corrected chi connectivity index (χ3v) is 3.84. The topological polar surface area (TPSA) is 58.6 Å². The molecular weight excluding hydrogens is 220 g/mol. The van der Waals surface area contributed by atoms with Crippen LogP contribution in [0.4, 0.5) is 0 Å². The van der Waals surface area contributed by atoms with Crippen LogP contribution in [-0.4, -0.2) is 49.1 Å². The zero-order chi connectivity index (χ0) is 12.3. The van der Waals surface area contributed by atoms with E-state index in [-0.39, 0.29) is 18.4 Å². The number of hydrogen-bond acceptors (Lipinski definition) is 3. The minimum absolute atomic E-state index is 0.0172. The SMILES string of the molecule is COCCN1C(=O)CNC(=O)C12CCCCC2. The van der Waals surface area contributed by atoms with E-state index in [0.717, 1.165) is 32.1 Å². The Balaban J connectivity index is 2.20. The van der Waals surface area contributed by atoms with Gasteiger partial charge < -0.3 is 15.0 Å². The molecule has 0 aromatic carbocycles. The van der Waals surface area contributed by atoms with Gasteiger partial charge in [-0.25, -0.2) is 0 Å².